The molecule has 3 unspecified atom stereocenters. The van der Waals surface area contributed by atoms with Crippen LogP contribution in [-0.2, 0) is 11.2 Å². The highest BCUT2D eigenvalue weighted by Gasteiger charge is 2.58. The highest BCUT2D eigenvalue weighted by Crippen LogP contribution is 2.57. The van der Waals surface area contributed by atoms with Gasteiger partial charge in [0.1, 0.15) is 0 Å². The molecule has 2 aliphatic rings. The van der Waals surface area contributed by atoms with Crippen LogP contribution in [0.2, 0.25) is 0 Å². The van der Waals surface area contributed by atoms with Gasteiger partial charge in [-0.05, 0) is 57.6 Å². The molecule has 0 bridgehead atoms. The molecule has 2 fully saturated rings. The first kappa shape index (κ1) is 15.1. The lowest BCUT2D eigenvalue weighted by molar-refractivity contribution is -0.174. The summed E-state index contributed by atoms with van der Waals surface area (Å²) in [6, 6.07) is 9.95. The van der Waals surface area contributed by atoms with Gasteiger partial charge in [0.15, 0.2) is 0 Å². The molecule has 116 valence electrons. The Bertz CT molecular complexity index is 480. The third-order valence-electron chi connectivity index (χ3n) is 5.71. The van der Waals surface area contributed by atoms with Crippen LogP contribution >= 0.6 is 0 Å². The molecule has 2 heteroatoms. The van der Waals surface area contributed by atoms with E-state index in [1.807, 2.05) is 0 Å². The number of ether oxygens (including phenoxy) is 1. The van der Waals surface area contributed by atoms with Gasteiger partial charge >= 0.3 is 0 Å². The van der Waals surface area contributed by atoms with Crippen molar-refractivity contribution < 1.29 is 4.74 Å². The minimum Gasteiger partial charge on any atom is -0.378 e. The quantitative estimate of drug-likeness (QED) is 0.857. The Hall–Kier alpha value is -0.860. The summed E-state index contributed by atoms with van der Waals surface area (Å²) >= 11 is 0. The van der Waals surface area contributed by atoms with Crippen molar-refractivity contribution in [3.05, 3.63) is 35.4 Å². The van der Waals surface area contributed by atoms with Crippen molar-refractivity contribution in [1.29, 1.82) is 0 Å². The average Bonchev–Trinajstić information content (AvgIpc) is 2.38. The molecule has 0 heterocycles. The standard InChI is InChI=1S/C19H29NO/c1-4-21-18-13-17(19(18)10-7-11-19)20-15(3)12-16-9-6-5-8-14(16)2/h5-6,8-9,15,17-18,20H,4,7,10-13H2,1-3H3. The molecule has 21 heavy (non-hydrogen) atoms. The fraction of sp³-hybridized carbons (Fsp3) is 0.684. The van der Waals surface area contributed by atoms with Crippen LogP contribution in [0.15, 0.2) is 24.3 Å². The van der Waals surface area contributed by atoms with E-state index in [-0.39, 0.29) is 0 Å². The molecule has 2 saturated carbocycles. The van der Waals surface area contributed by atoms with E-state index in [0.29, 0.717) is 23.6 Å². The summed E-state index contributed by atoms with van der Waals surface area (Å²) in [7, 11) is 0. The lowest BCUT2D eigenvalue weighted by Crippen LogP contribution is -2.68. The number of aryl methyl sites for hydroxylation is 1. The molecule has 0 aliphatic heterocycles. The molecule has 0 radical (unpaired) electrons. The highest BCUT2D eigenvalue weighted by atomic mass is 16.5. The third kappa shape index (κ3) is 2.76. The zero-order valence-corrected chi connectivity index (χ0v) is 13.7. The Morgan fingerprint density at radius 3 is 2.71 bits per heavy atom. The lowest BCUT2D eigenvalue weighted by Gasteiger charge is -2.61. The summed E-state index contributed by atoms with van der Waals surface area (Å²) in [4.78, 5) is 0. The minimum atomic E-state index is 0.468. The van der Waals surface area contributed by atoms with E-state index in [0.717, 1.165) is 13.0 Å². The van der Waals surface area contributed by atoms with Crippen LogP contribution in [0.4, 0.5) is 0 Å². The normalized spacial score (nSPS) is 28.0. The van der Waals surface area contributed by atoms with Crippen molar-refractivity contribution in [2.24, 2.45) is 5.41 Å². The number of benzene rings is 1. The van der Waals surface area contributed by atoms with Crippen molar-refractivity contribution in [3.63, 3.8) is 0 Å². The first-order valence-electron chi connectivity index (χ1n) is 8.58. The molecule has 1 spiro atoms. The molecular formula is C19H29NO. The van der Waals surface area contributed by atoms with Gasteiger partial charge in [-0.3, -0.25) is 0 Å². The second-order valence-corrected chi connectivity index (χ2v) is 7.02. The van der Waals surface area contributed by atoms with E-state index in [4.69, 9.17) is 4.74 Å². The van der Waals surface area contributed by atoms with Crippen LogP contribution < -0.4 is 5.32 Å². The van der Waals surface area contributed by atoms with Gasteiger partial charge < -0.3 is 10.1 Å². The van der Waals surface area contributed by atoms with Gasteiger partial charge in [-0.25, -0.2) is 0 Å². The lowest BCUT2D eigenvalue weighted by atomic mass is 9.51. The van der Waals surface area contributed by atoms with Gasteiger partial charge in [0, 0.05) is 24.1 Å². The van der Waals surface area contributed by atoms with Crippen LogP contribution in [0.1, 0.15) is 50.7 Å². The molecule has 2 nitrogen and oxygen atoms in total. The SMILES string of the molecule is CCOC1CC(NC(C)Cc2ccccc2C)C12CCC2. The van der Waals surface area contributed by atoms with E-state index in [1.165, 1.54) is 36.8 Å². The van der Waals surface area contributed by atoms with Gasteiger partial charge in [-0.15, -0.1) is 0 Å². The number of rotatable bonds is 6. The first-order chi connectivity index (χ1) is 10.2. The zero-order valence-electron chi connectivity index (χ0n) is 13.7. The van der Waals surface area contributed by atoms with E-state index >= 15 is 0 Å². The summed E-state index contributed by atoms with van der Waals surface area (Å²) in [5.74, 6) is 0. The van der Waals surface area contributed by atoms with Crippen molar-refractivity contribution >= 4 is 0 Å². The monoisotopic (exact) mass is 287 g/mol. The summed E-state index contributed by atoms with van der Waals surface area (Å²) in [5.41, 5.74) is 3.35. The fourth-order valence-electron chi connectivity index (χ4n) is 4.24. The molecule has 2 aliphatic carbocycles. The maximum atomic E-state index is 5.94. The number of hydrogen-bond acceptors (Lipinski definition) is 2. The predicted molar refractivity (Wildman–Crippen MR) is 87.6 cm³/mol. The maximum absolute atomic E-state index is 5.94. The van der Waals surface area contributed by atoms with Crippen LogP contribution in [0, 0.1) is 12.3 Å². The van der Waals surface area contributed by atoms with E-state index < -0.39 is 0 Å². The molecule has 3 rings (SSSR count). The Morgan fingerprint density at radius 1 is 1.33 bits per heavy atom. The number of nitrogens with one attached hydrogen (secondary N) is 1. The van der Waals surface area contributed by atoms with Crippen LogP contribution in [0.5, 0.6) is 0 Å². The Labute approximate surface area is 129 Å². The summed E-state index contributed by atoms with van der Waals surface area (Å²) < 4.78 is 5.94. The topological polar surface area (TPSA) is 21.3 Å². The Morgan fingerprint density at radius 2 is 2.10 bits per heavy atom. The first-order valence-corrected chi connectivity index (χ1v) is 8.58. The van der Waals surface area contributed by atoms with Crippen molar-refractivity contribution in [2.75, 3.05) is 6.61 Å². The molecule has 1 aromatic carbocycles. The van der Waals surface area contributed by atoms with E-state index in [9.17, 15) is 0 Å². The van der Waals surface area contributed by atoms with Gasteiger partial charge in [-0.2, -0.15) is 0 Å². The van der Waals surface area contributed by atoms with Gasteiger partial charge in [0.25, 0.3) is 0 Å². The Balaban J connectivity index is 1.56. The number of hydrogen-bond donors (Lipinski definition) is 1. The van der Waals surface area contributed by atoms with Gasteiger partial charge in [0.05, 0.1) is 6.10 Å². The van der Waals surface area contributed by atoms with Crippen molar-refractivity contribution in [2.45, 2.75) is 71.1 Å². The van der Waals surface area contributed by atoms with E-state index in [2.05, 4.69) is 50.4 Å². The molecule has 1 N–H and O–H groups in total. The van der Waals surface area contributed by atoms with Crippen LogP contribution in [0.25, 0.3) is 0 Å². The molecule has 1 aromatic rings. The van der Waals surface area contributed by atoms with Gasteiger partial charge in [0.2, 0.25) is 0 Å². The largest absolute Gasteiger partial charge is 0.378 e. The van der Waals surface area contributed by atoms with Crippen molar-refractivity contribution in [1.82, 2.24) is 5.32 Å². The minimum absolute atomic E-state index is 0.468. The highest BCUT2D eigenvalue weighted by molar-refractivity contribution is 5.26. The van der Waals surface area contributed by atoms with Crippen molar-refractivity contribution in [3.8, 4) is 0 Å². The maximum Gasteiger partial charge on any atom is 0.0661 e. The summed E-state index contributed by atoms with van der Waals surface area (Å²) in [5, 5.41) is 3.89. The van der Waals surface area contributed by atoms with Crippen LogP contribution in [0.3, 0.4) is 0 Å². The smallest absolute Gasteiger partial charge is 0.0661 e. The molecule has 3 atom stereocenters. The fourth-order valence-corrected chi connectivity index (χ4v) is 4.24. The molecule has 0 amide bonds. The molecular weight excluding hydrogens is 258 g/mol. The zero-order chi connectivity index (χ0) is 14.9. The second kappa shape index (κ2) is 6.10. The van der Waals surface area contributed by atoms with E-state index in [1.54, 1.807) is 0 Å². The summed E-state index contributed by atoms with van der Waals surface area (Å²) in [6.07, 6.45) is 6.93. The summed E-state index contributed by atoms with van der Waals surface area (Å²) in [6.45, 7) is 7.52. The molecule has 0 saturated heterocycles. The Kier molecular flexibility index (Phi) is 4.37. The third-order valence-corrected chi connectivity index (χ3v) is 5.71. The van der Waals surface area contributed by atoms with Gasteiger partial charge in [-0.1, -0.05) is 30.7 Å². The second-order valence-electron chi connectivity index (χ2n) is 7.02. The average molecular weight is 287 g/mol. The predicted octanol–water partition coefficient (Wildman–Crippen LogP) is 3.86. The molecule has 0 aromatic heterocycles. The van der Waals surface area contributed by atoms with Crippen LogP contribution in [-0.4, -0.2) is 24.8 Å².